The predicted molar refractivity (Wildman–Crippen MR) is 51.1 cm³/mol. The molecule has 0 saturated carbocycles. The normalized spacial score (nSPS) is 14.7. The van der Waals surface area contributed by atoms with Crippen molar-refractivity contribution in [1.82, 2.24) is 0 Å². The van der Waals surface area contributed by atoms with Crippen LogP contribution in [-0.2, 0) is 5.60 Å². The minimum atomic E-state index is -1.38. The average molecular weight is 175 g/mol. The molecular formula is C11H13NO. The highest BCUT2D eigenvalue weighted by Crippen LogP contribution is 2.24. The molecule has 2 heteroatoms. The van der Waals surface area contributed by atoms with Crippen LogP contribution in [0.15, 0.2) is 18.2 Å². The molecule has 2 nitrogen and oxygen atoms in total. The van der Waals surface area contributed by atoms with E-state index >= 15 is 0 Å². The van der Waals surface area contributed by atoms with E-state index in [1.165, 1.54) is 6.92 Å². The Labute approximate surface area is 78.4 Å². The first-order valence-electron chi connectivity index (χ1n) is 4.19. The number of nitrogens with zero attached hydrogens (tertiary/aromatic N) is 1. The fourth-order valence-electron chi connectivity index (χ4n) is 1.34. The Morgan fingerprint density at radius 2 is 2.00 bits per heavy atom. The second-order valence-corrected chi connectivity index (χ2v) is 3.43. The van der Waals surface area contributed by atoms with Gasteiger partial charge in [-0.05, 0) is 31.9 Å². The molecule has 0 aliphatic rings. The molecule has 68 valence electrons. The summed E-state index contributed by atoms with van der Waals surface area (Å²) < 4.78 is 0. The van der Waals surface area contributed by atoms with Crippen molar-refractivity contribution < 1.29 is 5.11 Å². The van der Waals surface area contributed by atoms with Gasteiger partial charge in [0, 0.05) is 5.56 Å². The molecule has 13 heavy (non-hydrogen) atoms. The zero-order valence-electron chi connectivity index (χ0n) is 8.13. The predicted octanol–water partition coefficient (Wildman–Crippen LogP) is 2.03. The summed E-state index contributed by atoms with van der Waals surface area (Å²) in [6, 6.07) is 7.48. The molecule has 0 aromatic heterocycles. The number of rotatable bonds is 1. The summed E-state index contributed by atoms with van der Waals surface area (Å²) in [6.45, 7) is 5.39. The fraction of sp³-hybridized carbons (Fsp3) is 0.364. The third-order valence-corrected chi connectivity index (χ3v) is 2.35. The molecule has 0 amide bonds. The minimum absolute atomic E-state index is 0.690. The van der Waals surface area contributed by atoms with Gasteiger partial charge in [-0.25, -0.2) is 0 Å². The van der Waals surface area contributed by atoms with E-state index < -0.39 is 5.60 Å². The lowest BCUT2D eigenvalue weighted by molar-refractivity contribution is 0.119. The van der Waals surface area contributed by atoms with E-state index in [-0.39, 0.29) is 0 Å². The molecule has 1 rings (SSSR count). The van der Waals surface area contributed by atoms with E-state index in [0.29, 0.717) is 5.56 Å². The number of aliphatic hydroxyl groups is 1. The first kappa shape index (κ1) is 9.76. The number of hydrogen-bond donors (Lipinski definition) is 1. The molecule has 0 radical (unpaired) electrons. The van der Waals surface area contributed by atoms with Gasteiger partial charge in [-0.1, -0.05) is 18.2 Å². The van der Waals surface area contributed by atoms with Crippen LogP contribution in [-0.4, -0.2) is 5.11 Å². The monoisotopic (exact) mass is 175 g/mol. The minimum Gasteiger partial charge on any atom is -0.372 e. The van der Waals surface area contributed by atoms with Crippen molar-refractivity contribution in [2.24, 2.45) is 0 Å². The topological polar surface area (TPSA) is 44.0 Å². The van der Waals surface area contributed by atoms with Crippen molar-refractivity contribution in [3.63, 3.8) is 0 Å². The fourth-order valence-corrected chi connectivity index (χ4v) is 1.34. The zero-order valence-corrected chi connectivity index (χ0v) is 8.13. The maximum atomic E-state index is 9.74. The standard InChI is InChI=1S/C11H13NO/c1-8-5-4-6-10(9(8)2)11(3,13)7-12/h4-6,13H,1-3H3. The van der Waals surface area contributed by atoms with Crippen LogP contribution in [0.25, 0.3) is 0 Å². The second kappa shape index (κ2) is 3.20. The van der Waals surface area contributed by atoms with Gasteiger partial charge in [-0.15, -0.1) is 0 Å². The molecule has 0 fully saturated rings. The largest absolute Gasteiger partial charge is 0.372 e. The maximum Gasteiger partial charge on any atom is 0.174 e. The summed E-state index contributed by atoms with van der Waals surface area (Å²) in [5.74, 6) is 0. The molecule has 0 aliphatic heterocycles. The van der Waals surface area contributed by atoms with Crippen LogP contribution in [0.5, 0.6) is 0 Å². The van der Waals surface area contributed by atoms with Gasteiger partial charge >= 0.3 is 0 Å². The lowest BCUT2D eigenvalue weighted by Crippen LogP contribution is -2.19. The number of aryl methyl sites for hydroxylation is 1. The van der Waals surface area contributed by atoms with Crippen LogP contribution in [0.1, 0.15) is 23.6 Å². The van der Waals surface area contributed by atoms with E-state index in [4.69, 9.17) is 5.26 Å². The zero-order chi connectivity index (χ0) is 10.1. The highest BCUT2D eigenvalue weighted by molar-refractivity contribution is 5.39. The van der Waals surface area contributed by atoms with Gasteiger partial charge in [0.2, 0.25) is 0 Å². The van der Waals surface area contributed by atoms with Gasteiger partial charge in [0.05, 0.1) is 0 Å². The van der Waals surface area contributed by atoms with Crippen LogP contribution in [0.3, 0.4) is 0 Å². The molecule has 0 bridgehead atoms. The number of nitriles is 1. The molecule has 0 heterocycles. The Hall–Kier alpha value is -1.33. The first-order valence-corrected chi connectivity index (χ1v) is 4.19. The Balaban J connectivity index is 3.33. The van der Waals surface area contributed by atoms with Crippen LogP contribution in [0.2, 0.25) is 0 Å². The molecule has 1 N–H and O–H groups in total. The third kappa shape index (κ3) is 1.71. The van der Waals surface area contributed by atoms with Gasteiger partial charge in [0.1, 0.15) is 6.07 Å². The summed E-state index contributed by atoms with van der Waals surface area (Å²) in [6.07, 6.45) is 0. The van der Waals surface area contributed by atoms with E-state index in [0.717, 1.165) is 11.1 Å². The maximum absolute atomic E-state index is 9.74. The highest BCUT2D eigenvalue weighted by Gasteiger charge is 2.24. The van der Waals surface area contributed by atoms with Crippen molar-refractivity contribution in [3.8, 4) is 6.07 Å². The van der Waals surface area contributed by atoms with Crippen molar-refractivity contribution in [3.05, 3.63) is 34.9 Å². The van der Waals surface area contributed by atoms with Gasteiger partial charge in [0.25, 0.3) is 0 Å². The quantitative estimate of drug-likeness (QED) is 0.664. The molecule has 1 aromatic carbocycles. The van der Waals surface area contributed by atoms with Crippen LogP contribution < -0.4 is 0 Å². The van der Waals surface area contributed by atoms with Gasteiger partial charge < -0.3 is 5.11 Å². The second-order valence-electron chi connectivity index (χ2n) is 3.43. The highest BCUT2D eigenvalue weighted by atomic mass is 16.3. The smallest absolute Gasteiger partial charge is 0.174 e. The Morgan fingerprint density at radius 3 is 2.54 bits per heavy atom. The van der Waals surface area contributed by atoms with E-state index in [1.807, 2.05) is 32.0 Å². The molecule has 0 aliphatic carbocycles. The lowest BCUT2D eigenvalue weighted by Gasteiger charge is -2.18. The van der Waals surface area contributed by atoms with Crippen molar-refractivity contribution in [1.29, 1.82) is 5.26 Å². The summed E-state index contributed by atoms with van der Waals surface area (Å²) in [7, 11) is 0. The summed E-state index contributed by atoms with van der Waals surface area (Å²) in [5.41, 5.74) is 1.38. The Bertz CT molecular complexity index is 361. The first-order chi connectivity index (χ1) is 5.99. The van der Waals surface area contributed by atoms with E-state index in [1.54, 1.807) is 6.07 Å². The van der Waals surface area contributed by atoms with Crippen molar-refractivity contribution in [2.75, 3.05) is 0 Å². The van der Waals surface area contributed by atoms with Crippen LogP contribution >= 0.6 is 0 Å². The van der Waals surface area contributed by atoms with Crippen LogP contribution in [0, 0.1) is 25.2 Å². The van der Waals surface area contributed by atoms with E-state index in [9.17, 15) is 5.11 Å². The molecule has 1 unspecified atom stereocenters. The summed E-state index contributed by atoms with van der Waals surface area (Å²) in [4.78, 5) is 0. The Kier molecular flexibility index (Phi) is 2.40. The molecule has 1 aromatic rings. The van der Waals surface area contributed by atoms with Gasteiger partial charge in [-0.2, -0.15) is 5.26 Å². The summed E-state index contributed by atoms with van der Waals surface area (Å²) >= 11 is 0. The number of benzene rings is 1. The molecule has 1 atom stereocenters. The average Bonchev–Trinajstić information content (AvgIpc) is 2.09. The SMILES string of the molecule is Cc1cccc(C(C)(O)C#N)c1C. The summed E-state index contributed by atoms with van der Waals surface area (Å²) in [5, 5.41) is 18.5. The number of hydrogen-bond acceptors (Lipinski definition) is 2. The lowest BCUT2D eigenvalue weighted by atomic mass is 9.91. The molecule has 0 saturated heterocycles. The van der Waals surface area contributed by atoms with Gasteiger partial charge in [-0.3, -0.25) is 0 Å². The third-order valence-electron chi connectivity index (χ3n) is 2.35. The van der Waals surface area contributed by atoms with Crippen LogP contribution in [0.4, 0.5) is 0 Å². The Morgan fingerprint density at radius 1 is 1.38 bits per heavy atom. The molecular weight excluding hydrogens is 162 g/mol. The van der Waals surface area contributed by atoms with E-state index in [2.05, 4.69) is 0 Å². The molecule has 0 spiro atoms. The van der Waals surface area contributed by atoms with Gasteiger partial charge in [0.15, 0.2) is 5.60 Å². The van der Waals surface area contributed by atoms with Crippen molar-refractivity contribution >= 4 is 0 Å². The van der Waals surface area contributed by atoms with Crippen molar-refractivity contribution in [2.45, 2.75) is 26.4 Å².